The lowest BCUT2D eigenvalue weighted by atomic mass is 10.1. The van der Waals surface area contributed by atoms with Crippen LogP contribution in [0.15, 0.2) is 46.9 Å². The average molecular weight is 362 g/mol. The summed E-state index contributed by atoms with van der Waals surface area (Å²) in [6.45, 7) is 3.07. The van der Waals surface area contributed by atoms with Gasteiger partial charge in [-0.05, 0) is 48.9 Å². The Bertz CT molecular complexity index is 685. The van der Waals surface area contributed by atoms with Crippen molar-refractivity contribution in [2.45, 2.75) is 13.0 Å². The quantitative estimate of drug-likeness (QED) is 0.906. The van der Waals surface area contributed by atoms with Gasteiger partial charge in [-0.25, -0.2) is 0 Å². The first kappa shape index (κ1) is 14.9. The molecule has 1 atom stereocenters. The van der Waals surface area contributed by atoms with E-state index in [1.54, 1.807) is 12.1 Å². The summed E-state index contributed by atoms with van der Waals surface area (Å²) >= 11 is 3.36. The number of hydrogen-bond acceptors (Lipinski definition) is 3. The number of nitrogens with one attached hydrogen (secondary N) is 1. The van der Waals surface area contributed by atoms with E-state index in [0.29, 0.717) is 18.8 Å². The minimum Gasteiger partial charge on any atom is -0.486 e. The number of hydrogen-bond donors (Lipinski definition) is 1. The Kier molecular flexibility index (Phi) is 4.34. The van der Waals surface area contributed by atoms with Crippen LogP contribution in [0.2, 0.25) is 0 Å². The van der Waals surface area contributed by atoms with Gasteiger partial charge in [0.05, 0.1) is 6.04 Å². The summed E-state index contributed by atoms with van der Waals surface area (Å²) in [4.78, 5) is 12.2. The summed E-state index contributed by atoms with van der Waals surface area (Å²) in [5.74, 6) is 1.38. The Morgan fingerprint density at radius 3 is 2.50 bits per heavy atom. The van der Waals surface area contributed by atoms with Crippen LogP contribution in [0.1, 0.15) is 28.9 Å². The van der Waals surface area contributed by atoms with Crippen molar-refractivity contribution in [2.75, 3.05) is 13.2 Å². The Balaban J connectivity index is 1.72. The lowest BCUT2D eigenvalue weighted by Gasteiger charge is -2.21. The topological polar surface area (TPSA) is 47.6 Å². The first-order valence-electron chi connectivity index (χ1n) is 7.09. The van der Waals surface area contributed by atoms with E-state index in [2.05, 4.69) is 21.2 Å². The van der Waals surface area contributed by atoms with Crippen molar-refractivity contribution >= 4 is 21.8 Å². The molecule has 0 spiro atoms. The lowest BCUT2D eigenvalue weighted by molar-refractivity contribution is 0.0939. The van der Waals surface area contributed by atoms with Gasteiger partial charge in [-0.1, -0.05) is 22.0 Å². The largest absolute Gasteiger partial charge is 0.486 e. The van der Waals surface area contributed by atoms with Crippen molar-refractivity contribution in [1.29, 1.82) is 0 Å². The van der Waals surface area contributed by atoms with Gasteiger partial charge in [0.1, 0.15) is 13.2 Å². The van der Waals surface area contributed by atoms with Gasteiger partial charge in [0.15, 0.2) is 11.5 Å². The molecule has 0 bridgehead atoms. The fourth-order valence-electron chi connectivity index (χ4n) is 2.29. The van der Waals surface area contributed by atoms with Crippen LogP contribution in [0.4, 0.5) is 0 Å². The molecule has 114 valence electrons. The van der Waals surface area contributed by atoms with E-state index in [1.165, 1.54) is 0 Å². The number of rotatable bonds is 3. The SMILES string of the molecule is C[C@H](NC(=O)c1ccc(Br)cc1)c1ccc2c(c1)OCCO2. The molecule has 4 nitrogen and oxygen atoms in total. The third-order valence-electron chi connectivity index (χ3n) is 3.52. The maximum atomic E-state index is 12.2. The molecule has 2 aromatic rings. The fourth-order valence-corrected chi connectivity index (χ4v) is 2.56. The second-order valence-corrected chi connectivity index (χ2v) is 6.02. The van der Waals surface area contributed by atoms with Crippen LogP contribution in [-0.2, 0) is 0 Å². The molecule has 1 aliphatic rings. The van der Waals surface area contributed by atoms with Crippen molar-refractivity contribution in [2.24, 2.45) is 0 Å². The zero-order chi connectivity index (χ0) is 15.5. The van der Waals surface area contributed by atoms with Gasteiger partial charge in [-0.3, -0.25) is 4.79 Å². The number of ether oxygens (including phenoxy) is 2. The van der Waals surface area contributed by atoms with Crippen molar-refractivity contribution in [1.82, 2.24) is 5.32 Å². The van der Waals surface area contributed by atoms with Crippen LogP contribution >= 0.6 is 15.9 Å². The number of fused-ring (bicyclic) bond motifs is 1. The average Bonchev–Trinajstić information content (AvgIpc) is 2.55. The molecule has 0 radical (unpaired) electrons. The van der Waals surface area contributed by atoms with Gasteiger partial charge >= 0.3 is 0 Å². The van der Waals surface area contributed by atoms with Crippen molar-refractivity contribution in [3.63, 3.8) is 0 Å². The number of benzene rings is 2. The summed E-state index contributed by atoms with van der Waals surface area (Å²) in [5, 5.41) is 2.99. The third kappa shape index (κ3) is 3.25. The molecule has 1 aliphatic heterocycles. The first-order valence-corrected chi connectivity index (χ1v) is 7.89. The van der Waals surface area contributed by atoms with Crippen LogP contribution < -0.4 is 14.8 Å². The molecule has 1 heterocycles. The van der Waals surface area contributed by atoms with E-state index in [1.807, 2.05) is 37.3 Å². The third-order valence-corrected chi connectivity index (χ3v) is 4.05. The standard InChI is InChI=1S/C17H16BrNO3/c1-11(19-17(20)12-2-5-14(18)6-3-12)13-4-7-15-16(10-13)22-9-8-21-15/h2-7,10-11H,8-9H2,1H3,(H,19,20)/t11-/m0/s1. The number of carbonyl (C=O) groups is 1. The number of halogens is 1. The zero-order valence-electron chi connectivity index (χ0n) is 12.1. The van der Waals surface area contributed by atoms with E-state index in [-0.39, 0.29) is 11.9 Å². The Labute approximate surface area is 137 Å². The smallest absolute Gasteiger partial charge is 0.251 e. The summed E-state index contributed by atoms with van der Waals surface area (Å²) < 4.78 is 12.0. The predicted octanol–water partition coefficient (Wildman–Crippen LogP) is 3.71. The maximum absolute atomic E-state index is 12.2. The highest BCUT2D eigenvalue weighted by Crippen LogP contribution is 2.32. The molecule has 5 heteroatoms. The van der Waals surface area contributed by atoms with Gasteiger partial charge in [-0.15, -0.1) is 0 Å². The second kappa shape index (κ2) is 6.40. The van der Waals surface area contributed by atoms with Gasteiger partial charge in [0.25, 0.3) is 5.91 Å². The highest BCUT2D eigenvalue weighted by atomic mass is 79.9. The molecule has 0 saturated heterocycles. The van der Waals surface area contributed by atoms with E-state index in [0.717, 1.165) is 21.5 Å². The Morgan fingerprint density at radius 1 is 1.09 bits per heavy atom. The van der Waals surface area contributed by atoms with Crippen LogP contribution in [0.25, 0.3) is 0 Å². The highest BCUT2D eigenvalue weighted by molar-refractivity contribution is 9.10. The summed E-state index contributed by atoms with van der Waals surface area (Å²) in [6.07, 6.45) is 0. The number of carbonyl (C=O) groups excluding carboxylic acids is 1. The normalized spacial score (nSPS) is 14.3. The highest BCUT2D eigenvalue weighted by Gasteiger charge is 2.16. The molecule has 0 aromatic heterocycles. The van der Waals surface area contributed by atoms with Crippen LogP contribution in [0, 0.1) is 0 Å². The minimum absolute atomic E-state index is 0.102. The molecule has 1 N–H and O–H groups in total. The summed E-state index contributed by atoms with van der Waals surface area (Å²) in [7, 11) is 0. The van der Waals surface area contributed by atoms with Crippen molar-refractivity contribution < 1.29 is 14.3 Å². The van der Waals surface area contributed by atoms with Crippen molar-refractivity contribution in [3.8, 4) is 11.5 Å². The molecule has 0 saturated carbocycles. The molecular formula is C17H16BrNO3. The summed E-state index contributed by atoms with van der Waals surface area (Å²) in [5.41, 5.74) is 1.61. The van der Waals surface area contributed by atoms with Gasteiger partial charge in [-0.2, -0.15) is 0 Å². The molecule has 22 heavy (non-hydrogen) atoms. The first-order chi connectivity index (χ1) is 10.6. The van der Waals surface area contributed by atoms with Crippen LogP contribution in [0.5, 0.6) is 11.5 Å². The van der Waals surface area contributed by atoms with Crippen LogP contribution in [-0.4, -0.2) is 19.1 Å². The van der Waals surface area contributed by atoms with E-state index in [4.69, 9.17) is 9.47 Å². The molecular weight excluding hydrogens is 346 g/mol. The van der Waals surface area contributed by atoms with E-state index >= 15 is 0 Å². The van der Waals surface area contributed by atoms with Crippen LogP contribution in [0.3, 0.4) is 0 Å². The molecule has 0 unspecified atom stereocenters. The summed E-state index contributed by atoms with van der Waals surface area (Å²) in [6, 6.07) is 12.9. The van der Waals surface area contributed by atoms with E-state index in [9.17, 15) is 4.79 Å². The molecule has 2 aromatic carbocycles. The van der Waals surface area contributed by atoms with Gasteiger partial charge < -0.3 is 14.8 Å². The van der Waals surface area contributed by atoms with Gasteiger partial charge in [0, 0.05) is 10.0 Å². The molecule has 1 amide bonds. The zero-order valence-corrected chi connectivity index (χ0v) is 13.7. The minimum atomic E-state index is -0.119. The molecule has 0 aliphatic carbocycles. The maximum Gasteiger partial charge on any atom is 0.251 e. The molecule has 3 rings (SSSR count). The fraction of sp³-hybridized carbons (Fsp3) is 0.235. The predicted molar refractivity (Wildman–Crippen MR) is 87.5 cm³/mol. The Morgan fingerprint density at radius 2 is 1.77 bits per heavy atom. The Hall–Kier alpha value is -2.01. The monoisotopic (exact) mass is 361 g/mol. The lowest BCUT2D eigenvalue weighted by Crippen LogP contribution is -2.26. The number of amides is 1. The van der Waals surface area contributed by atoms with Gasteiger partial charge in [0.2, 0.25) is 0 Å². The molecule has 0 fully saturated rings. The van der Waals surface area contributed by atoms with Crippen molar-refractivity contribution in [3.05, 3.63) is 58.1 Å². The second-order valence-electron chi connectivity index (χ2n) is 5.11. The van der Waals surface area contributed by atoms with E-state index < -0.39 is 0 Å².